The predicted octanol–water partition coefficient (Wildman–Crippen LogP) is 3.66. The van der Waals surface area contributed by atoms with E-state index in [2.05, 4.69) is 41.9 Å². The molecule has 0 heterocycles. The highest BCUT2D eigenvalue weighted by molar-refractivity contribution is 9.10. The van der Waals surface area contributed by atoms with Gasteiger partial charge in [-0.1, -0.05) is 31.9 Å². The van der Waals surface area contributed by atoms with Gasteiger partial charge in [0.2, 0.25) is 15.9 Å². The molecule has 0 spiro atoms. The molecule has 0 aliphatic heterocycles. The number of benzene rings is 2. The van der Waals surface area contributed by atoms with Crippen LogP contribution in [0.3, 0.4) is 0 Å². The highest BCUT2D eigenvalue weighted by Crippen LogP contribution is 2.20. The summed E-state index contributed by atoms with van der Waals surface area (Å²) in [6.07, 6.45) is 0. The smallest absolute Gasteiger partial charge is 0.242 e. The third-order valence-corrected chi connectivity index (χ3v) is 5.62. The van der Waals surface area contributed by atoms with Crippen LogP contribution in [0, 0.1) is 5.82 Å². The fourth-order valence-corrected chi connectivity index (χ4v) is 3.60. The van der Waals surface area contributed by atoms with Crippen molar-refractivity contribution in [2.75, 3.05) is 5.32 Å². The lowest BCUT2D eigenvalue weighted by Crippen LogP contribution is -2.41. The second-order valence-electron chi connectivity index (χ2n) is 4.91. The third kappa shape index (κ3) is 4.85. The molecule has 2 aromatic rings. The van der Waals surface area contributed by atoms with E-state index < -0.39 is 27.8 Å². The van der Waals surface area contributed by atoms with Gasteiger partial charge < -0.3 is 5.32 Å². The minimum atomic E-state index is -3.86. The van der Waals surface area contributed by atoms with E-state index >= 15 is 0 Å². The molecule has 0 saturated heterocycles. The monoisotopic (exact) mass is 478 g/mol. The summed E-state index contributed by atoms with van der Waals surface area (Å²) in [7, 11) is -3.86. The van der Waals surface area contributed by atoms with Crippen LogP contribution in [0.15, 0.2) is 56.3 Å². The zero-order valence-electron chi connectivity index (χ0n) is 12.4. The number of nitrogens with one attached hydrogen (secondary N) is 2. The number of anilines is 1. The molecule has 1 unspecified atom stereocenters. The Bertz CT molecular complexity index is 858. The van der Waals surface area contributed by atoms with Crippen LogP contribution in [-0.2, 0) is 14.8 Å². The lowest BCUT2D eigenvalue weighted by atomic mass is 10.2. The highest BCUT2D eigenvalue weighted by atomic mass is 79.9. The van der Waals surface area contributed by atoms with Crippen LogP contribution in [0.5, 0.6) is 0 Å². The number of sulfonamides is 1. The normalized spacial score (nSPS) is 12.7. The molecular formula is C15H13Br2FN2O3S. The van der Waals surface area contributed by atoms with E-state index in [9.17, 15) is 17.6 Å². The van der Waals surface area contributed by atoms with Crippen LogP contribution in [-0.4, -0.2) is 20.4 Å². The van der Waals surface area contributed by atoms with Crippen molar-refractivity contribution in [2.24, 2.45) is 0 Å². The molecule has 0 aliphatic carbocycles. The summed E-state index contributed by atoms with van der Waals surface area (Å²) in [5.41, 5.74) is -0.0297. The Kier molecular flexibility index (Phi) is 6.13. The topological polar surface area (TPSA) is 75.3 Å². The first kappa shape index (κ1) is 19.0. The zero-order chi connectivity index (χ0) is 17.9. The first-order chi connectivity index (χ1) is 11.2. The van der Waals surface area contributed by atoms with Crippen LogP contribution < -0.4 is 10.0 Å². The summed E-state index contributed by atoms with van der Waals surface area (Å²) < 4.78 is 41.7. The van der Waals surface area contributed by atoms with Gasteiger partial charge in [-0.25, -0.2) is 12.8 Å². The van der Waals surface area contributed by atoms with E-state index in [0.29, 0.717) is 4.47 Å². The molecule has 2 N–H and O–H groups in total. The van der Waals surface area contributed by atoms with Gasteiger partial charge in [0.15, 0.2) is 0 Å². The zero-order valence-corrected chi connectivity index (χ0v) is 16.4. The summed E-state index contributed by atoms with van der Waals surface area (Å²) >= 11 is 6.33. The van der Waals surface area contributed by atoms with Gasteiger partial charge in [-0.3, -0.25) is 4.79 Å². The van der Waals surface area contributed by atoms with E-state index in [1.807, 2.05) is 0 Å². The molecular weight excluding hydrogens is 467 g/mol. The van der Waals surface area contributed by atoms with E-state index in [4.69, 9.17) is 0 Å². The Balaban J connectivity index is 2.09. The minimum absolute atomic E-state index is 0.0279. The first-order valence-corrected chi connectivity index (χ1v) is 9.80. The van der Waals surface area contributed by atoms with Crippen LogP contribution in [0.25, 0.3) is 0 Å². The largest absolute Gasteiger partial charge is 0.322 e. The number of hydrogen-bond donors (Lipinski definition) is 2. The molecule has 1 atom stereocenters. The molecule has 0 fully saturated rings. The summed E-state index contributed by atoms with van der Waals surface area (Å²) in [6, 6.07) is 9.04. The van der Waals surface area contributed by atoms with Crippen molar-refractivity contribution in [3.05, 3.63) is 57.2 Å². The standard InChI is InChI=1S/C15H13Br2FN2O3S/c1-9(15(21)19-14-7-4-11(17)8-13(14)18)20-24(22,23)12-5-2-10(16)3-6-12/h2-9,20H,1H3,(H,19,21). The van der Waals surface area contributed by atoms with Crippen LogP contribution >= 0.6 is 31.9 Å². The molecule has 0 aromatic heterocycles. The maximum absolute atomic E-state index is 13.7. The van der Waals surface area contributed by atoms with Crippen LogP contribution in [0.1, 0.15) is 6.92 Å². The molecule has 128 valence electrons. The molecule has 24 heavy (non-hydrogen) atoms. The van der Waals surface area contributed by atoms with Gasteiger partial charge in [-0.2, -0.15) is 4.72 Å². The molecule has 0 aliphatic rings. The molecule has 0 bridgehead atoms. The summed E-state index contributed by atoms with van der Waals surface area (Å²) in [5.74, 6) is -1.29. The van der Waals surface area contributed by atoms with Crippen LogP contribution in [0.2, 0.25) is 0 Å². The van der Waals surface area contributed by atoms with Gasteiger partial charge in [0.1, 0.15) is 5.82 Å². The fourth-order valence-electron chi connectivity index (χ4n) is 1.80. The molecule has 2 aromatic carbocycles. The van der Waals surface area contributed by atoms with Gasteiger partial charge in [0.25, 0.3) is 0 Å². The molecule has 9 heteroatoms. The maximum Gasteiger partial charge on any atom is 0.242 e. The van der Waals surface area contributed by atoms with Crippen LogP contribution in [0.4, 0.5) is 10.1 Å². The molecule has 1 amide bonds. The summed E-state index contributed by atoms with van der Waals surface area (Å²) in [5, 5.41) is 2.35. The van der Waals surface area contributed by atoms with Gasteiger partial charge in [-0.05, 0) is 49.4 Å². The number of halogens is 3. The van der Waals surface area contributed by atoms with Crippen molar-refractivity contribution in [3.63, 3.8) is 0 Å². The second-order valence-corrected chi connectivity index (χ2v) is 8.46. The van der Waals surface area contributed by atoms with Crippen molar-refractivity contribution in [3.8, 4) is 0 Å². The quantitative estimate of drug-likeness (QED) is 0.687. The number of hydrogen-bond acceptors (Lipinski definition) is 3. The Morgan fingerprint density at radius 2 is 1.67 bits per heavy atom. The Labute approximate surface area is 156 Å². The molecule has 0 saturated carbocycles. The maximum atomic E-state index is 13.7. The lowest BCUT2D eigenvalue weighted by Gasteiger charge is -2.15. The van der Waals surface area contributed by atoms with Crippen molar-refractivity contribution < 1.29 is 17.6 Å². The van der Waals surface area contributed by atoms with Crippen molar-refractivity contribution >= 4 is 53.5 Å². The van der Waals surface area contributed by atoms with Gasteiger partial charge in [0.05, 0.1) is 16.6 Å². The Morgan fingerprint density at radius 3 is 2.25 bits per heavy atom. The van der Waals surface area contributed by atoms with E-state index in [-0.39, 0.29) is 10.6 Å². The molecule has 5 nitrogen and oxygen atoms in total. The highest BCUT2D eigenvalue weighted by Gasteiger charge is 2.22. The first-order valence-electron chi connectivity index (χ1n) is 6.73. The third-order valence-electron chi connectivity index (χ3n) is 3.04. The number of amides is 1. The van der Waals surface area contributed by atoms with Crippen molar-refractivity contribution in [1.82, 2.24) is 4.72 Å². The average Bonchev–Trinajstić information content (AvgIpc) is 2.50. The van der Waals surface area contributed by atoms with E-state index in [1.165, 1.54) is 31.2 Å². The number of rotatable bonds is 5. The lowest BCUT2D eigenvalue weighted by molar-refractivity contribution is -0.117. The van der Waals surface area contributed by atoms with Crippen molar-refractivity contribution in [2.45, 2.75) is 17.9 Å². The van der Waals surface area contributed by atoms with Gasteiger partial charge >= 0.3 is 0 Å². The SMILES string of the molecule is CC(NS(=O)(=O)c1ccc(Br)cc1)C(=O)Nc1ccc(Br)cc1F. The van der Waals surface area contributed by atoms with E-state index in [1.54, 1.807) is 18.2 Å². The second kappa shape index (κ2) is 7.73. The summed E-state index contributed by atoms with van der Waals surface area (Å²) in [4.78, 5) is 12.1. The predicted molar refractivity (Wildman–Crippen MR) is 96.7 cm³/mol. The van der Waals surface area contributed by atoms with Gasteiger partial charge in [0, 0.05) is 8.95 Å². The minimum Gasteiger partial charge on any atom is -0.322 e. The summed E-state index contributed by atoms with van der Waals surface area (Å²) in [6.45, 7) is 1.38. The number of carbonyl (C=O) groups excluding carboxylic acids is 1. The fraction of sp³-hybridized carbons (Fsp3) is 0.133. The Hall–Kier alpha value is -1.29. The molecule has 2 rings (SSSR count). The average molecular weight is 480 g/mol. The Morgan fingerprint density at radius 1 is 1.08 bits per heavy atom. The van der Waals surface area contributed by atoms with Crippen molar-refractivity contribution in [1.29, 1.82) is 0 Å². The van der Waals surface area contributed by atoms with E-state index in [0.717, 1.165) is 4.47 Å². The molecule has 0 radical (unpaired) electrons. The van der Waals surface area contributed by atoms with Gasteiger partial charge in [-0.15, -0.1) is 0 Å². The number of carbonyl (C=O) groups is 1.